The molecule has 27 heavy (non-hydrogen) atoms. The van der Waals surface area contributed by atoms with Crippen LogP contribution in [0.15, 0.2) is 79.0 Å². The van der Waals surface area contributed by atoms with Gasteiger partial charge in [0.1, 0.15) is 18.0 Å². The molecule has 2 aromatic heterocycles. The van der Waals surface area contributed by atoms with Crippen molar-refractivity contribution >= 4 is 5.65 Å². The van der Waals surface area contributed by atoms with E-state index in [1.807, 2.05) is 48.7 Å². The fraction of sp³-hybridized carbons (Fsp3) is 0.174. The Labute approximate surface area is 159 Å². The summed E-state index contributed by atoms with van der Waals surface area (Å²) in [5.74, 6) is 0.892. The molecule has 0 amide bonds. The van der Waals surface area contributed by atoms with Crippen molar-refractivity contribution in [2.24, 2.45) is 0 Å². The summed E-state index contributed by atoms with van der Waals surface area (Å²) in [5.41, 5.74) is 5.72. The Kier molecular flexibility index (Phi) is 5.17. The van der Waals surface area contributed by atoms with E-state index in [0.717, 1.165) is 24.5 Å². The summed E-state index contributed by atoms with van der Waals surface area (Å²) in [6, 6.07) is 24.6. The van der Waals surface area contributed by atoms with Crippen LogP contribution in [0.2, 0.25) is 0 Å². The van der Waals surface area contributed by atoms with Crippen molar-refractivity contribution in [3.05, 3.63) is 102 Å². The molecular formula is C23H23N3O. The molecule has 0 aliphatic heterocycles. The molecule has 0 unspecified atom stereocenters. The molecule has 2 heterocycles. The van der Waals surface area contributed by atoms with Crippen molar-refractivity contribution in [3.63, 3.8) is 0 Å². The van der Waals surface area contributed by atoms with Crippen molar-refractivity contribution in [1.29, 1.82) is 0 Å². The van der Waals surface area contributed by atoms with Crippen molar-refractivity contribution in [3.8, 4) is 5.75 Å². The molecule has 4 nitrogen and oxygen atoms in total. The maximum atomic E-state index is 5.92. The lowest BCUT2D eigenvalue weighted by Crippen LogP contribution is -2.14. The van der Waals surface area contributed by atoms with Gasteiger partial charge in [-0.05, 0) is 42.3 Å². The first kappa shape index (κ1) is 17.3. The maximum Gasteiger partial charge on any atom is 0.137 e. The molecule has 2 aromatic carbocycles. The van der Waals surface area contributed by atoms with Gasteiger partial charge in [-0.25, -0.2) is 4.98 Å². The highest BCUT2D eigenvalue weighted by molar-refractivity contribution is 5.42. The summed E-state index contributed by atoms with van der Waals surface area (Å²) >= 11 is 0. The van der Waals surface area contributed by atoms with E-state index in [-0.39, 0.29) is 0 Å². The van der Waals surface area contributed by atoms with E-state index in [2.05, 4.69) is 52.0 Å². The third-order valence-corrected chi connectivity index (χ3v) is 4.58. The van der Waals surface area contributed by atoms with E-state index < -0.39 is 0 Å². The van der Waals surface area contributed by atoms with Crippen molar-refractivity contribution < 1.29 is 4.74 Å². The highest BCUT2D eigenvalue weighted by atomic mass is 16.5. The summed E-state index contributed by atoms with van der Waals surface area (Å²) in [4.78, 5) is 4.48. The van der Waals surface area contributed by atoms with Gasteiger partial charge in [-0.15, -0.1) is 0 Å². The van der Waals surface area contributed by atoms with Gasteiger partial charge < -0.3 is 14.5 Å². The smallest absolute Gasteiger partial charge is 0.137 e. The minimum absolute atomic E-state index is 0.582. The van der Waals surface area contributed by atoms with Gasteiger partial charge in [0.25, 0.3) is 0 Å². The second-order valence-electron chi connectivity index (χ2n) is 6.64. The highest BCUT2D eigenvalue weighted by Gasteiger charge is 2.05. The SMILES string of the molecule is Cc1cccc2ncc(CNCc3cccc(OCc4ccccc4)c3)n12. The number of hydrogen-bond donors (Lipinski definition) is 1. The van der Waals surface area contributed by atoms with Crippen molar-refractivity contribution in [2.45, 2.75) is 26.6 Å². The predicted molar refractivity (Wildman–Crippen MR) is 108 cm³/mol. The first-order valence-corrected chi connectivity index (χ1v) is 9.18. The van der Waals surface area contributed by atoms with Gasteiger partial charge in [0.05, 0.1) is 11.9 Å². The largest absolute Gasteiger partial charge is 0.489 e. The van der Waals surface area contributed by atoms with E-state index in [9.17, 15) is 0 Å². The van der Waals surface area contributed by atoms with Gasteiger partial charge in [0, 0.05) is 18.8 Å². The summed E-state index contributed by atoms with van der Waals surface area (Å²) in [6.45, 7) is 4.23. The monoisotopic (exact) mass is 357 g/mol. The fourth-order valence-corrected chi connectivity index (χ4v) is 3.22. The van der Waals surface area contributed by atoms with E-state index >= 15 is 0 Å². The minimum atomic E-state index is 0.582. The second-order valence-corrected chi connectivity index (χ2v) is 6.64. The number of imidazole rings is 1. The van der Waals surface area contributed by atoms with Gasteiger partial charge in [-0.2, -0.15) is 0 Å². The highest BCUT2D eigenvalue weighted by Crippen LogP contribution is 2.16. The third kappa shape index (κ3) is 4.18. The number of benzene rings is 2. The summed E-state index contributed by atoms with van der Waals surface area (Å²) in [7, 11) is 0. The summed E-state index contributed by atoms with van der Waals surface area (Å²) in [5, 5.41) is 3.51. The fourth-order valence-electron chi connectivity index (χ4n) is 3.22. The number of ether oxygens (including phenoxy) is 1. The Morgan fingerprint density at radius 1 is 0.889 bits per heavy atom. The Morgan fingerprint density at radius 2 is 1.70 bits per heavy atom. The Hall–Kier alpha value is -3.11. The molecule has 136 valence electrons. The quantitative estimate of drug-likeness (QED) is 0.529. The van der Waals surface area contributed by atoms with E-state index in [1.54, 1.807) is 0 Å². The van der Waals surface area contributed by atoms with Gasteiger partial charge in [-0.3, -0.25) is 0 Å². The van der Waals surface area contributed by atoms with E-state index in [1.165, 1.54) is 22.5 Å². The molecule has 0 saturated heterocycles. The first-order valence-electron chi connectivity index (χ1n) is 9.18. The lowest BCUT2D eigenvalue weighted by Gasteiger charge is -2.10. The molecule has 4 rings (SSSR count). The number of rotatable bonds is 7. The molecule has 0 atom stereocenters. The average Bonchev–Trinajstić information content (AvgIpc) is 3.12. The van der Waals surface area contributed by atoms with Gasteiger partial charge in [-0.1, -0.05) is 48.5 Å². The zero-order valence-electron chi connectivity index (χ0n) is 15.4. The van der Waals surface area contributed by atoms with Gasteiger partial charge >= 0.3 is 0 Å². The molecule has 0 aliphatic rings. The number of aryl methyl sites for hydroxylation is 1. The van der Waals surface area contributed by atoms with Crippen LogP contribution in [0.3, 0.4) is 0 Å². The summed E-state index contributed by atoms with van der Waals surface area (Å²) in [6.07, 6.45) is 1.94. The first-order chi connectivity index (χ1) is 13.3. The number of pyridine rings is 1. The van der Waals surface area contributed by atoms with Crippen LogP contribution in [0, 0.1) is 6.92 Å². The van der Waals surface area contributed by atoms with Crippen LogP contribution in [0.4, 0.5) is 0 Å². The van der Waals surface area contributed by atoms with Crippen LogP contribution in [0.1, 0.15) is 22.5 Å². The lowest BCUT2D eigenvalue weighted by molar-refractivity contribution is 0.306. The molecule has 0 fully saturated rings. The maximum absolute atomic E-state index is 5.92. The van der Waals surface area contributed by atoms with Gasteiger partial charge in [0.2, 0.25) is 0 Å². The van der Waals surface area contributed by atoms with Crippen LogP contribution in [0.5, 0.6) is 5.75 Å². The van der Waals surface area contributed by atoms with Crippen molar-refractivity contribution in [2.75, 3.05) is 0 Å². The van der Waals surface area contributed by atoms with Gasteiger partial charge in [0.15, 0.2) is 0 Å². The molecule has 0 aliphatic carbocycles. The topological polar surface area (TPSA) is 38.6 Å². The van der Waals surface area contributed by atoms with E-state index in [4.69, 9.17) is 4.74 Å². The average molecular weight is 357 g/mol. The van der Waals surface area contributed by atoms with Crippen LogP contribution >= 0.6 is 0 Å². The lowest BCUT2D eigenvalue weighted by atomic mass is 10.2. The molecule has 0 bridgehead atoms. The molecule has 4 aromatic rings. The molecular weight excluding hydrogens is 334 g/mol. The molecule has 1 N–H and O–H groups in total. The number of nitrogens with zero attached hydrogens (tertiary/aromatic N) is 2. The molecule has 4 heteroatoms. The predicted octanol–water partition coefficient (Wildman–Crippen LogP) is 4.51. The number of nitrogens with one attached hydrogen (secondary N) is 1. The third-order valence-electron chi connectivity index (χ3n) is 4.58. The molecule has 0 spiro atoms. The minimum Gasteiger partial charge on any atom is -0.489 e. The molecule has 0 saturated carbocycles. The Morgan fingerprint density at radius 3 is 2.59 bits per heavy atom. The van der Waals surface area contributed by atoms with Crippen molar-refractivity contribution in [1.82, 2.24) is 14.7 Å². The standard InChI is InChI=1S/C23H23N3O/c1-18-7-5-12-23-25-16-21(26(18)23)15-24-14-20-10-6-11-22(13-20)27-17-19-8-3-2-4-9-19/h2-13,16,24H,14-15,17H2,1H3. The number of fused-ring (bicyclic) bond motifs is 1. The normalized spacial score (nSPS) is 11.0. The zero-order valence-corrected chi connectivity index (χ0v) is 15.4. The van der Waals surface area contributed by atoms with Crippen LogP contribution in [0.25, 0.3) is 5.65 Å². The summed E-state index contributed by atoms with van der Waals surface area (Å²) < 4.78 is 8.10. The van der Waals surface area contributed by atoms with E-state index in [0.29, 0.717) is 6.61 Å². The number of hydrogen-bond acceptors (Lipinski definition) is 3. The second kappa shape index (κ2) is 8.06. The zero-order chi connectivity index (χ0) is 18.5. The number of aromatic nitrogens is 2. The Bertz CT molecular complexity index is 1020. The van der Waals surface area contributed by atoms with Crippen LogP contribution in [-0.2, 0) is 19.7 Å². The molecule has 0 radical (unpaired) electrons. The van der Waals surface area contributed by atoms with Crippen LogP contribution < -0.4 is 10.1 Å². The van der Waals surface area contributed by atoms with Crippen LogP contribution in [-0.4, -0.2) is 9.38 Å². The Balaban J connectivity index is 1.36.